The minimum atomic E-state index is 0.0730. The van der Waals surface area contributed by atoms with Crippen LogP contribution in [0.1, 0.15) is 48.7 Å². The average Bonchev–Trinajstić information content (AvgIpc) is 2.65. The molecule has 3 nitrogen and oxygen atoms in total. The van der Waals surface area contributed by atoms with Gasteiger partial charge in [0.05, 0.1) is 8.66 Å². The van der Waals surface area contributed by atoms with Crippen LogP contribution in [0.2, 0.25) is 0 Å². The van der Waals surface area contributed by atoms with E-state index in [2.05, 4.69) is 15.9 Å². The molecule has 5 heteroatoms. The molecular weight excluding hydrogens is 326 g/mol. The van der Waals surface area contributed by atoms with E-state index in [0.29, 0.717) is 6.42 Å². The Morgan fingerprint density at radius 3 is 2.79 bits per heavy atom. The predicted octanol–water partition coefficient (Wildman–Crippen LogP) is 3.87. The van der Waals surface area contributed by atoms with E-state index >= 15 is 0 Å². The minimum Gasteiger partial charge on any atom is -0.335 e. The third kappa shape index (κ3) is 3.89. The summed E-state index contributed by atoms with van der Waals surface area (Å²) >= 11 is 4.85. The molecule has 1 fully saturated rings. The van der Waals surface area contributed by atoms with Crippen molar-refractivity contribution in [3.8, 4) is 0 Å². The predicted molar refractivity (Wildman–Crippen MR) is 80.6 cm³/mol. The van der Waals surface area contributed by atoms with Gasteiger partial charge in [0.15, 0.2) is 0 Å². The van der Waals surface area contributed by atoms with Crippen molar-refractivity contribution in [2.24, 2.45) is 0 Å². The Morgan fingerprint density at radius 2 is 2.16 bits per heavy atom. The molecule has 1 aromatic rings. The zero-order valence-corrected chi connectivity index (χ0v) is 13.4. The minimum absolute atomic E-state index is 0.0730. The number of nitrogens with zero attached hydrogens (tertiary/aromatic N) is 1. The van der Waals surface area contributed by atoms with E-state index in [-0.39, 0.29) is 17.7 Å². The highest BCUT2D eigenvalue weighted by atomic mass is 79.9. The summed E-state index contributed by atoms with van der Waals surface area (Å²) in [4.78, 5) is 26.6. The van der Waals surface area contributed by atoms with E-state index in [9.17, 15) is 9.59 Å². The van der Waals surface area contributed by atoms with E-state index in [0.717, 1.165) is 40.9 Å². The van der Waals surface area contributed by atoms with Crippen LogP contribution >= 0.6 is 27.3 Å². The van der Waals surface area contributed by atoms with Crippen molar-refractivity contribution in [3.05, 3.63) is 20.8 Å². The highest BCUT2D eigenvalue weighted by Crippen LogP contribution is 2.27. The van der Waals surface area contributed by atoms with Crippen LogP contribution in [-0.4, -0.2) is 29.2 Å². The number of rotatable bonds is 3. The van der Waals surface area contributed by atoms with Gasteiger partial charge in [0.1, 0.15) is 5.78 Å². The molecule has 0 N–H and O–H groups in total. The highest BCUT2D eigenvalue weighted by Gasteiger charge is 2.27. The van der Waals surface area contributed by atoms with Crippen LogP contribution in [0, 0.1) is 0 Å². The Bertz CT molecular complexity index is 472. The fraction of sp³-hybridized carbons (Fsp3) is 0.571. The van der Waals surface area contributed by atoms with Gasteiger partial charge in [0, 0.05) is 19.0 Å². The molecule has 1 aliphatic heterocycles. The number of carbonyl (C=O) groups is 2. The maximum Gasteiger partial charge on any atom is 0.264 e. The lowest BCUT2D eigenvalue weighted by atomic mass is 10.0. The van der Waals surface area contributed by atoms with E-state index in [1.54, 1.807) is 6.92 Å². The third-order valence-electron chi connectivity index (χ3n) is 3.45. The summed E-state index contributed by atoms with van der Waals surface area (Å²) in [5, 5.41) is 0. The average molecular weight is 344 g/mol. The first-order valence-corrected chi connectivity index (χ1v) is 8.24. The second-order valence-corrected chi connectivity index (χ2v) is 7.47. The van der Waals surface area contributed by atoms with Crippen LogP contribution in [0.3, 0.4) is 0 Å². The zero-order chi connectivity index (χ0) is 13.8. The standard InChI is InChI=1S/C14H18BrNO2S/c1-10(17)9-11-5-3-2-4-8-16(11)14(18)12-6-7-13(15)19-12/h6-7,11H,2-5,8-9H2,1H3. The lowest BCUT2D eigenvalue weighted by Crippen LogP contribution is -2.40. The van der Waals surface area contributed by atoms with E-state index in [1.807, 2.05) is 17.0 Å². The summed E-state index contributed by atoms with van der Waals surface area (Å²) in [6.45, 7) is 2.38. The van der Waals surface area contributed by atoms with Crippen LogP contribution in [0.15, 0.2) is 15.9 Å². The number of hydrogen-bond donors (Lipinski definition) is 0. The van der Waals surface area contributed by atoms with Crippen molar-refractivity contribution in [1.82, 2.24) is 4.90 Å². The Kier molecular flexibility index (Phi) is 5.16. The molecule has 2 heterocycles. The van der Waals surface area contributed by atoms with Gasteiger partial charge >= 0.3 is 0 Å². The van der Waals surface area contributed by atoms with Crippen molar-refractivity contribution < 1.29 is 9.59 Å². The smallest absolute Gasteiger partial charge is 0.264 e. The van der Waals surface area contributed by atoms with E-state index in [4.69, 9.17) is 0 Å². The summed E-state index contributed by atoms with van der Waals surface area (Å²) in [5.41, 5.74) is 0. The van der Waals surface area contributed by atoms with Gasteiger partial charge in [0.2, 0.25) is 0 Å². The van der Waals surface area contributed by atoms with Gasteiger partial charge in [0.25, 0.3) is 5.91 Å². The molecule has 1 unspecified atom stereocenters. The SMILES string of the molecule is CC(=O)CC1CCCCCN1C(=O)c1ccc(Br)s1. The first kappa shape index (κ1) is 14.7. The molecule has 0 saturated carbocycles. The van der Waals surface area contributed by atoms with Crippen molar-refractivity contribution in [1.29, 1.82) is 0 Å². The fourth-order valence-corrected chi connectivity index (χ4v) is 3.90. The van der Waals surface area contributed by atoms with Gasteiger partial charge in [-0.05, 0) is 47.8 Å². The number of Topliss-reactive ketones (excluding diaryl/α,β-unsaturated/α-hetero) is 1. The Labute approximate surface area is 126 Å². The van der Waals surface area contributed by atoms with Crippen LogP contribution in [0.4, 0.5) is 0 Å². The second-order valence-electron chi connectivity index (χ2n) is 5.01. The molecule has 1 aliphatic rings. The molecule has 0 spiro atoms. The van der Waals surface area contributed by atoms with E-state index in [1.165, 1.54) is 11.3 Å². The van der Waals surface area contributed by atoms with Gasteiger partial charge in [-0.3, -0.25) is 9.59 Å². The van der Waals surface area contributed by atoms with Crippen molar-refractivity contribution in [2.45, 2.75) is 45.1 Å². The second kappa shape index (κ2) is 6.66. The molecule has 1 amide bonds. The van der Waals surface area contributed by atoms with Gasteiger partial charge in [-0.15, -0.1) is 11.3 Å². The maximum atomic E-state index is 12.6. The van der Waals surface area contributed by atoms with Crippen LogP contribution < -0.4 is 0 Å². The van der Waals surface area contributed by atoms with Gasteiger partial charge in [-0.2, -0.15) is 0 Å². The van der Waals surface area contributed by atoms with Crippen molar-refractivity contribution in [3.63, 3.8) is 0 Å². The molecule has 19 heavy (non-hydrogen) atoms. The molecule has 1 saturated heterocycles. The maximum absolute atomic E-state index is 12.6. The number of thiophene rings is 1. The third-order valence-corrected chi connectivity index (χ3v) is 5.06. The number of carbonyl (C=O) groups excluding carboxylic acids is 2. The molecular formula is C14H18BrNO2S. The normalized spacial score (nSPS) is 20.1. The lowest BCUT2D eigenvalue weighted by Gasteiger charge is -2.29. The Morgan fingerprint density at radius 1 is 1.37 bits per heavy atom. The summed E-state index contributed by atoms with van der Waals surface area (Å²) in [6.07, 6.45) is 4.71. The number of halogens is 1. The topological polar surface area (TPSA) is 37.4 Å². The molecule has 0 bridgehead atoms. The summed E-state index contributed by atoms with van der Waals surface area (Å²) in [6, 6.07) is 3.83. The van der Waals surface area contributed by atoms with Crippen LogP contribution in [0.25, 0.3) is 0 Å². The zero-order valence-electron chi connectivity index (χ0n) is 11.0. The van der Waals surface area contributed by atoms with Gasteiger partial charge in [-0.25, -0.2) is 0 Å². The number of ketones is 1. The highest BCUT2D eigenvalue weighted by molar-refractivity contribution is 9.11. The summed E-state index contributed by atoms with van der Waals surface area (Å²) in [7, 11) is 0. The van der Waals surface area contributed by atoms with Gasteiger partial charge < -0.3 is 4.90 Å². The molecule has 0 aromatic carbocycles. The van der Waals surface area contributed by atoms with Crippen LogP contribution in [0.5, 0.6) is 0 Å². The number of amides is 1. The Hall–Kier alpha value is -0.680. The largest absolute Gasteiger partial charge is 0.335 e. The van der Waals surface area contributed by atoms with Crippen LogP contribution in [-0.2, 0) is 4.79 Å². The monoisotopic (exact) mass is 343 g/mol. The number of hydrogen-bond acceptors (Lipinski definition) is 3. The molecule has 0 radical (unpaired) electrons. The van der Waals surface area contributed by atoms with E-state index < -0.39 is 0 Å². The lowest BCUT2D eigenvalue weighted by molar-refractivity contribution is -0.118. The first-order chi connectivity index (χ1) is 9.08. The summed E-state index contributed by atoms with van der Waals surface area (Å²) in [5.74, 6) is 0.237. The van der Waals surface area contributed by atoms with Crippen molar-refractivity contribution in [2.75, 3.05) is 6.54 Å². The molecule has 0 aliphatic carbocycles. The summed E-state index contributed by atoms with van der Waals surface area (Å²) < 4.78 is 0.966. The molecule has 1 aromatic heterocycles. The number of likely N-dealkylation sites (tertiary alicyclic amines) is 1. The van der Waals surface area contributed by atoms with Gasteiger partial charge in [-0.1, -0.05) is 12.8 Å². The van der Waals surface area contributed by atoms with Crippen molar-refractivity contribution >= 4 is 39.0 Å². The fourth-order valence-electron chi connectivity index (χ4n) is 2.56. The molecule has 104 valence electrons. The molecule has 2 rings (SSSR count). The quantitative estimate of drug-likeness (QED) is 0.835. The first-order valence-electron chi connectivity index (χ1n) is 6.63. The molecule has 1 atom stereocenters. The Balaban J connectivity index is 2.17.